The normalized spacial score (nSPS) is 12.5. The highest BCUT2D eigenvalue weighted by molar-refractivity contribution is 5.89. The maximum atomic E-state index is 13.6. The average Bonchev–Trinajstić information content (AvgIpc) is 2.97. The Kier molecular flexibility index (Phi) is 5.62. The van der Waals surface area contributed by atoms with E-state index in [0.717, 1.165) is 13.1 Å². The summed E-state index contributed by atoms with van der Waals surface area (Å²) in [6.45, 7) is 1.55. The number of anilines is 1. The second kappa shape index (κ2) is 7.87. The lowest BCUT2D eigenvalue weighted by Crippen LogP contribution is -2.15. The Balaban J connectivity index is 0.000000224. The van der Waals surface area contributed by atoms with Crippen LogP contribution in [-0.2, 0) is 22.7 Å². The molecular weight excluding hydrogens is 315 g/mol. The summed E-state index contributed by atoms with van der Waals surface area (Å²) in [5, 5.41) is 15.6. The fourth-order valence-corrected chi connectivity index (χ4v) is 2.27. The molecular formula is C17H15FN2O4. The summed E-state index contributed by atoms with van der Waals surface area (Å²) in [5.74, 6) is -2.77. The smallest absolute Gasteiger partial charge is 0.328 e. The van der Waals surface area contributed by atoms with Gasteiger partial charge in [0.2, 0.25) is 0 Å². The number of benzene rings is 1. The van der Waals surface area contributed by atoms with Crippen molar-refractivity contribution < 1.29 is 24.2 Å². The Hall–Kier alpha value is -3.22. The molecule has 0 bridgehead atoms. The third-order valence-corrected chi connectivity index (χ3v) is 3.30. The molecule has 0 aliphatic carbocycles. The number of rotatable bonds is 3. The van der Waals surface area contributed by atoms with Crippen LogP contribution in [0.25, 0.3) is 0 Å². The van der Waals surface area contributed by atoms with E-state index in [2.05, 4.69) is 17.1 Å². The van der Waals surface area contributed by atoms with Gasteiger partial charge in [0.05, 0.1) is 11.9 Å². The van der Waals surface area contributed by atoms with Crippen molar-refractivity contribution in [3.8, 4) is 0 Å². The first-order chi connectivity index (χ1) is 11.5. The van der Waals surface area contributed by atoms with E-state index in [1.54, 1.807) is 12.3 Å². The lowest BCUT2D eigenvalue weighted by molar-refractivity contribution is -0.134. The van der Waals surface area contributed by atoms with Crippen LogP contribution in [0.3, 0.4) is 0 Å². The number of aromatic nitrogens is 1. The second-order valence-electron chi connectivity index (χ2n) is 4.96. The zero-order valence-corrected chi connectivity index (χ0v) is 12.6. The van der Waals surface area contributed by atoms with Gasteiger partial charge in [-0.15, -0.1) is 0 Å². The van der Waals surface area contributed by atoms with Crippen LogP contribution in [0.5, 0.6) is 0 Å². The zero-order chi connectivity index (χ0) is 17.5. The Morgan fingerprint density at radius 2 is 1.58 bits per heavy atom. The van der Waals surface area contributed by atoms with Gasteiger partial charge < -0.3 is 15.1 Å². The van der Waals surface area contributed by atoms with Gasteiger partial charge in [-0.05, 0) is 17.2 Å². The first-order valence-electron chi connectivity index (χ1n) is 7.02. The monoisotopic (exact) mass is 330 g/mol. The van der Waals surface area contributed by atoms with Crippen molar-refractivity contribution in [2.45, 2.75) is 13.1 Å². The minimum Gasteiger partial charge on any atom is -0.478 e. The van der Waals surface area contributed by atoms with Crippen LogP contribution in [-0.4, -0.2) is 27.1 Å². The SMILES string of the molecule is Fc1cnccc1N1Cc2ccccc2C1.O=C(O)/C=C\C(=O)O. The maximum Gasteiger partial charge on any atom is 0.328 e. The number of pyridine rings is 1. The molecule has 0 fully saturated rings. The molecule has 1 aliphatic heterocycles. The van der Waals surface area contributed by atoms with Gasteiger partial charge in [-0.3, -0.25) is 4.98 Å². The fraction of sp³-hybridized carbons (Fsp3) is 0.118. The Morgan fingerprint density at radius 1 is 1.04 bits per heavy atom. The summed E-state index contributed by atoms with van der Waals surface area (Å²) in [7, 11) is 0. The summed E-state index contributed by atoms with van der Waals surface area (Å²) in [4.78, 5) is 24.9. The summed E-state index contributed by atoms with van der Waals surface area (Å²) in [6, 6.07) is 9.94. The molecule has 2 aromatic rings. The molecule has 1 aromatic heterocycles. The van der Waals surface area contributed by atoms with Gasteiger partial charge >= 0.3 is 11.9 Å². The van der Waals surface area contributed by atoms with Gasteiger partial charge in [0.15, 0.2) is 5.82 Å². The van der Waals surface area contributed by atoms with Gasteiger partial charge in [0.1, 0.15) is 0 Å². The van der Waals surface area contributed by atoms with Crippen LogP contribution < -0.4 is 4.90 Å². The quantitative estimate of drug-likeness (QED) is 0.840. The van der Waals surface area contributed by atoms with Crippen molar-refractivity contribution in [2.24, 2.45) is 0 Å². The predicted molar refractivity (Wildman–Crippen MR) is 84.9 cm³/mol. The minimum atomic E-state index is -1.26. The number of carbonyl (C=O) groups is 2. The van der Waals surface area contributed by atoms with Crippen LogP contribution in [0, 0.1) is 5.82 Å². The molecule has 3 rings (SSSR count). The topological polar surface area (TPSA) is 90.7 Å². The highest BCUT2D eigenvalue weighted by Gasteiger charge is 2.20. The van der Waals surface area contributed by atoms with E-state index in [9.17, 15) is 14.0 Å². The lowest BCUT2D eigenvalue weighted by atomic mass is 10.1. The molecule has 1 aromatic carbocycles. The van der Waals surface area contributed by atoms with Crippen molar-refractivity contribution in [3.05, 3.63) is 71.8 Å². The molecule has 0 amide bonds. The predicted octanol–water partition coefficient (Wildman–Crippen LogP) is 2.45. The molecule has 2 N–H and O–H groups in total. The largest absolute Gasteiger partial charge is 0.478 e. The molecule has 0 atom stereocenters. The standard InChI is InChI=1S/C13H11FN2.C4H4O4/c14-12-7-15-6-5-13(12)16-8-10-3-1-2-4-11(10)9-16;5-3(6)1-2-4(7)8/h1-7H,8-9H2;1-2H,(H,5,6)(H,7,8)/b;2-1-. The molecule has 24 heavy (non-hydrogen) atoms. The van der Waals surface area contributed by atoms with Crippen molar-refractivity contribution >= 4 is 17.6 Å². The maximum absolute atomic E-state index is 13.6. The van der Waals surface area contributed by atoms with Crippen LogP contribution in [0.1, 0.15) is 11.1 Å². The zero-order valence-electron chi connectivity index (χ0n) is 12.6. The lowest BCUT2D eigenvalue weighted by Gasteiger charge is -2.17. The number of hydrogen-bond donors (Lipinski definition) is 2. The molecule has 124 valence electrons. The molecule has 2 heterocycles. The van der Waals surface area contributed by atoms with Gasteiger partial charge in [-0.25, -0.2) is 14.0 Å². The van der Waals surface area contributed by atoms with Crippen molar-refractivity contribution in [2.75, 3.05) is 4.90 Å². The molecule has 0 spiro atoms. The summed E-state index contributed by atoms with van der Waals surface area (Å²) in [6.07, 6.45) is 4.00. The Morgan fingerprint density at radius 3 is 2.04 bits per heavy atom. The summed E-state index contributed by atoms with van der Waals surface area (Å²) >= 11 is 0. The highest BCUT2D eigenvalue weighted by Crippen LogP contribution is 2.29. The van der Waals surface area contributed by atoms with E-state index in [0.29, 0.717) is 17.8 Å². The van der Waals surface area contributed by atoms with E-state index in [1.807, 2.05) is 17.0 Å². The number of fused-ring (bicyclic) bond motifs is 1. The molecule has 0 saturated heterocycles. The third kappa shape index (κ3) is 4.64. The number of carboxylic acids is 2. The summed E-state index contributed by atoms with van der Waals surface area (Å²) in [5.41, 5.74) is 3.18. The third-order valence-electron chi connectivity index (χ3n) is 3.30. The molecule has 7 heteroatoms. The average molecular weight is 330 g/mol. The number of aliphatic carboxylic acids is 2. The molecule has 0 saturated carbocycles. The molecule has 0 unspecified atom stereocenters. The Bertz CT molecular complexity index is 736. The second-order valence-corrected chi connectivity index (χ2v) is 4.96. The number of nitrogens with zero attached hydrogens (tertiary/aromatic N) is 2. The molecule has 6 nitrogen and oxygen atoms in total. The Labute approximate surface area is 137 Å². The van der Waals surface area contributed by atoms with Gasteiger partial charge in [0, 0.05) is 31.4 Å². The first-order valence-corrected chi connectivity index (χ1v) is 7.02. The first kappa shape index (κ1) is 17.1. The van der Waals surface area contributed by atoms with Crippen LogP contribution in [0.4, 0.5) is 10.1 Å². The molecule has 1 aliphatic rings. The van der Waals surface area contributed by atoms with Gasteiger partial charge in [-0.2, -0.15) is 0 Å². The molecule has 0 radical (unpaired) electrons. The highest BCUT2D eigenvalue weighted by atomic mass is 19.1. The van der Waals surface area contributed by atoms with E-state index in [1.165, 1.54) is 17.3 Å². The van der Waals surface area contributed by atoms with Crippen molar-refractivity contribution in [1.29, 1.82) is 0 Å². The van der Waals surface area contributed by atoms with Gasteiger partial charge in [-0.1, -0.05) is 24.3 Å². The van der Waals surface area contributed by atoms with E-state index in [4.69, 9.17) is 10.2 Å². The summed E-state index contributed by atoms with van der Waals surface area (Å²) < 4.78 is 13.6. The minimum absolute atomic E-state index is 0.254. The van der Waals surface area contributed by atoms with Crippen LogP contribution in [0.15, 0.2) is 54.9 Å². The number of halogens is 1. The van der Waals surface area contributed by atoms with Crippen molar-refractivity contribution in [1.82, 2.24) is 4.98 Å². The van der Waals surface area contributed by atoms with Crippen LogP contribution in [0.2, 0.25) is 0 Å². The number of hydrogen-bond acceptors (Lipinski definition) is 4. The van der Waals surface area contributed by atoms with E-state index >= 15 is 0 Å². The fourth-order valence-electron chi connectivity index (χ4n) is 2.27. The van der Waals surface area contributed by atoms with E-state index < -0.39 is 11.9 Å². The van der Waals surface area contributed by atoms with Crippen molar-refractivity contribution in [3.63, 3.8) is 0 Å². The van der Waals surface area contributed by atoms with Crippen LogP contribution >= 0.6 is 0 Å². The number of carboxylic acid groups (broad SMARTS) is 2. The van der Waals surface area contributed by atoms with Gasteiger partial charge in [0.25, 0.3) is 0 Å². The van der Waals surface area contributed by atoms with E-state index in [-0.39, 0.29) is 5.82 Å².